The lowest BCUT2D eigenvalue weighted by Gasteiger charge is -2.24. The lowest BCUT2D eigenvalue weighted by Crippen LogP contribution is -2.45. The molecule has 33 heavy (non-hydrogen) atoms. The highest BCUT2D eigenvalue weighted by Crippen LogP contribution is 2.19. The molecule has 0 spiro atoms. The van der Waals surface area contributed by atoms with Crippen molar-refractivity contribution >= 4 is 40.8 Å². The number of aromatic amines is 1. The van der Waals surface area contributed by atoms with Crippen molar-refractivity contribution in [2.75, 3.05) is 26.2 Å². The first-order chi connectivity index (χ1) is 15.5. The molecule has 0 saturated carbocycles. The zero-order valence-corrected chi connectivity index (χ0v) is 21.9. The fourth-order valence-electron chi connectivity index (χ4n) is 4.35. The molecule has 3 N–H and O–H groups in total. The molecule has 1 aromatic carbocycles. The molecular formula is C23H34FIN8. The Balaban J connectivity index is 0.00000306. The van der Waals surface area contributed by atoms with E-state index in [-0.39, 0.29) is 29.8 Å². The molecule has 2 aromatic heterocycles. The Morgan fingerprint density at radius 1 is 1.30 bits per heavy atom. The monoisotopic (exact) mass is 568 g/mol. The molecule has 1 saturated heterocycles. The number of nitrogens with one attached hydrogen (secondary N) is 3. The first-order valence-electron chi connectivity index (χ1n) is 11.4. The summed E-state index contributed by atoms with van der Waals surface area (Å²) in [5, 5.41) is 16.4. The quantitative estimate of drug-likeness (QED) is 0.221. The summed E-state index contributed by atoms with van der Waals surface area (Å²) in [6.07, 6.45) is 5.22. The van der Waals surface area contributed by atoms with Crippen molar-refractivity contribution in [3.05, 3.63) is 47.4 Å². The molecular weight excluding hydrogens is 534 g/mol. The van der Waals surface area contributed by atoms with Crippen LogP contribution < -0.4 is 10.6 Å². The number of hydrogen-bond acceptors (Lipinski definition) is 4. The van der Waals surface area contributed by atoms with Crippen LogP contribution in [0.4, 0.5) is 4.39 Å². The zero-order valence-electron chi connectivity index (χ0n) is 19.6. The fraction of sp³-hybridized carbons (Fsp3) is 0.522. The van der Waals surface area contributed by atoms with Gasteiger partial charge in [-0.15, -0.1) is 34.2 Å². The van der Waals surface area contributed by atoms with Gasteiger partial charge in [0.1, 0.15) is 18.2 Å². The molecule has 10 heteroatoms. The first kappa shape index (κ1) is 25.4. The fourth-order valence-corrected chi connectivity index (χ4v) is 4.35. The third-order valence-electron chi connectivity index (χ3n) is 6.39. The highest BCUT2D eigenvalue weighted by Gasteiger charge is 2.22. The molecule has 1 aliphatic heterocycles. The van der Waals surface area contributed by atoms with Gasteiger partial charge >= 0.3 is 0 Å². The van der Waals surface area contributed by atoms with Gasteiger partial charge in [-0.05, 0) is 63.0 Å². The van der Waals surface area contributed by atoms with E-state index in [1.165, 1.54) is 31.5 Å². The van der Waals surface area contributed by atoms with Crippen LogP contribution in [0.15, 0.2) is 29.4 Å². The van der Waals surface area contributed by atoms with Gasteiger partial charge in [0.05, 0.1) is 0 Å². The van der Waals surface area contributed by atoms with Crippen LogP contribution in [-0.4, -0.2) is 62.8 Å². The van der Waals surface area contributed by atoms with Crippen LogP contribution in [-0.2, 0) is 20.0 Å². The number of fused-ring (bicyclic) bond motifs is 1. The number of guanidine groups is 1. The summed E-state index contributed by atoms with van der Waals surface area (Å²) in [6, 6.07) is 5.41. The number of likely N-dealkylation sites (tertiary alicyclic amines) is 1. The predicted molar refractivity (Wildman–Crippen MR) is 141 cm³/mol. The minimum atomic E-state index is -0.227. The average molecular weight is 568 g/mol. The number of benzene rings is 1. The summed E-state index contributed by atoms with van der Waals surface area (Å²) in [5.41, 5.74) is 1.98. The predicted octanol–water partition coefficient (Wildman–Crippen LogP) is 3.12. The van der Waals surface area contributed by atoms with E-state index in [0.29, 0.717) is 12.6 Å². The highest BCUT2D eigenvalue weighted by atomic mass is 127. The van der Waals surface area contributed by atoms with Gasteiger partial charge in [0.2, 0.25) is 0 Å². The number of aliphatic imine (C=N–C) groups is 1. The second kappa shape index (κ2) is 11.8. The molecule has 3 heterocycles. The van der Waals surface area contributed by atoms with Crippen molar-refractivity contribution in [2.45, 2.75) is 45.7 Å². The van der Waals surface area contributed by atoms with Crippen molar-refractivity contribution in [2.24, 2.45) is 12.0 Å². The number of likely N-dealkylation sites (N-methyl/N-ethyl adjacent to an activating group) is 1. The summed E-state index contributed by atoms with van der Waals surface area (Å²) in [4.78, 5) is 10.4. The molecule has 0 aliphatic carbocycles. The van der Waals surface area contributed by atoms with E-state index in [0.717, 1.165) is 60.1 Å². The molecule has 1 aliphatic rings. The Morgan fingerprint density at radius 3 is 2.91 bits per heavy atom. The number of hydrogen-bond donors (Lipinski definition) is 3. The van der Waals surface area contributed by atoms with Crippen LogP contribution in [0.25, 0.3) is 10.9 Å². The minimum Gasteiger partial charge on any atom is -0.361 e. The second-order valence-corrected chi connectivity index (χ2v) is 8.37. The lowest BCUT2D eigenvalue weighted by atomic mass is 10.1. The Labute approximate surface area is 211 Å². The zero-order chi connectivity index (χ0) is 22.5. The molecule has 1 atom stereocenters. The molecule has 0 bridgehead atoms. The van der Waals surface area contributed by atoms with Crippen molar-refractivity contribution in [3.8, 4) is 0 Å². The summed E-state index contributed by atoms with van der Waals surface area (Å²) in [6.45, 7) is 8.44. The standard InChI is InChI=1S/C23H33FN8.HI/c1-4-32-11-5-6-19(32)14-27-23(28-15-22-30-29-16(2)31(22)3)25-10-9-17-13-26-21-12-18(24)7-8-20(17)21;/h7-8,12-13,19,26H,4-6,9-11,14-15H2,1-3H3,(H2,25,27,28);1H. The van der Waals surface area contributed by atoms with Gasteiger partial charge in [-0.1, -0.05) is 6.92 Å². The maximum Gasteiger partial charge on any atom is 0.191 e. The number of aryl methyl sites for hydroxylation is 1. The van der Waals surface area contributed by atoms with Crippen LogP contribution in [0.1, 0.15) is 37.0 Å². The first-order valence-corrected chi connectivity index (χ1v) is 11.4. The maximum absolute atomic E-state index is 13.5. The highest BCUT2D eigenvalue weighted by molar-refractivity contribution is 14.0. The molecule has 1 unspecified atom stereocenters. The molecule has 0 radical (unpaired) electrons. The summed E-state index contributed by atoms with van der Waals surface area (Å²) >= 11 is 0. The van der Waals surface area contributed by atoms with Crippen LogP contribution in [0, 0.1) is 12.7 Å². The largest absolute Gasteiger partial charge is 0.361 e. The van der Waals surface area contributed by atoms with Crippen molar-refractivity contribution in [3.63, 3.8) is 0 Å². The van der Waals surface area contributed by atoms with Crippen molar-refractivity contribution in [1.29, 1.82) is 0 Å². The maximum atomic E-state index is 13.5. The number of rotatable bonds is 8. The van der Waals surface area contributed by atoms with E-state index in [9.17, 15) is 4.39 Å². The number of nitrogens with zero attached hydrogens (tertiary/aromatic N) is 5. The van der Waals surface area contributed by atoms with Gasteiger partial charge in [0, 0.05) is 43.3 Å². The minimum absolute atomic E-state index is 0. The molecule has 180 valence electrons. The Kier molecular flexibility index (Phi) is 9.07. The van der Waals surface area contributed by atoms with Crippen LogP contribution in [0.5, 0.6) is 0 Å². The van der Waals surface area contributed by atoms with Crippen molar-refractivity contribution < 1.29 is 4.39 Å². The van der Waals surface area contributed by atoms with Gasteiger partial charge in [-0.2, -0.15) is 0 Å². The van der Waals surface area contributed by atoms with Crippen LogP contribution >= 0.6 is 24.0 Å². The van der Waals surface area contributed by atoms with Crippen LogP contribution in [0.3, 0.4) is 0 Å². The average Bonchev–Trinajstić information content (AvgIpc) is 3.49. The normalized spacial score (nSPS) is 16.8. The number of H-pyrrole nitrogens is 1. The second-order valence-electron chi connectivity index (χ2n) is 8.37. The van der Waals surface area contributed by atoms with E-state index in [1.54, 1.807) is 0 Å². The summed E-state index contributed by atoms with van der Waals surface area (Å²) in [5.74, 6) is 2.26. The Hall–Kier alpha value is -2.21. The molecule has 8 nitrogen and oxygen atoms in total. The van der Waals surface area contributed by atoms with Crippen LogP contribution in [0.2, 0.25) is 0 Å². The van der Waals surface area contributed by atoms with E-state index in [1.807, 2.05) is 30.8 Å². The van der Waals surface area contributed by atoms with E-state index in [2.05, 4.69) is 37.6 Å². The summed E-state index contributed by atoms with van der Waals surface area (Å²) < 4.78 is 15.4. The number of aromatic nitrogens is 4. The molecule has 3 aromatic rings. The topological polar surface area (TPSA) is 86.2 Å². The molecule has 0 amide bonds. The smallest absolute Gasteiger partial charge is 0.191 e. The van der Waals surface area contributed by atoms with Gasteiger partial charge in [0.15, 0.2) is 11.8 Å². The van der Waals surface area contributed by atoms with Gasteiger partial charge in [-0.25, -0.2) is 9.38 Å². The Bertz CT molecular complexity index is 1080. The van der Waals surface area contributed by atoms with E-state index < -0.39 is 0 Å². The van der Waals surface area contributed by atoms with Crippen molar-refractivity contribution in [1.82, 2.24) is 35.3 Å². The summed E-state index contributed by atoms with van der Waals surface area (Å²) in [7, 11) is 1.96. The van der Waals surface area contributed by atoms with Gasteiger partial charge < -0.3 is 20.2 Å². The third kappa shape index (κ3) is 6.23. The Morgan fingerprint density at radius 2 is 2.15 bits per heavy atom. The molecule has 1 fully saturated rings. The molecule has 4 rings (SSSR count). The van der Waals surface area contributed by atoms with Gasteiger partial charge in [0.25, 0.3) is 0 Å². The van der Waals surface area contributed by atoms with E-state index >= 15 is 0 Å². The lowest BCUT2D eigenvalue weighted by molar-refractivity contribution is 0.267. The SMILES string of the molecule is CCN1CCCC1CNC(=NCc1nnc(C)n1C)NCCc1c[nH]c2cc(F)ccc12.I. The van der Waals surface area contributed by atoms with E-state index in [4.69, 9.17) is 4.99 Å². The third-order valence-corrected chi connectivity index (χ3v) is 6.39. The van der Waals surface area contributed by atoms with Gasteiger partial charge in [-0.3, -0.25) is 4.90 Å². The number of halogens is 2.